The van der Waals surface area contributed by atoms with Crippen LogP contribution in [0.15, 0.2) is 54.6 Å². The van der Waals surface area contributed by atoms with Crippen LogP contribution in [-0.4, -0.2) is 34.6 Å². The lowest BCUT2D eigenvalue weighted by atomic mass is 9.90. The third kappa shape index (κ3) is 5.00. The second-order valence-corrected chi connectivity index (χ2v) is 9.37. The Kier molecular flexibility index (Phi) is 6.49. The van der Waals surface area contributed by atoms with Gasteiger partial charge in [-0.2, -0.15) is 5.26 Å². The molecule has 4 nitrogen and oxygen atoms in total. The molecule has 0 radical (unpaired) electrons. The summed E-state index contributed by atoms with van der Waals surface area (Å²) in [6.07, 6.45) is 2.21. The van der Waals surface area contributed by atoms with Crippen molar-refractivity contribution in [2.45, 2.75) is 38.7 Å². The fraction of sp³-hybridized carbons (Fsp3) is 0.286. The van der Waals surface area contributed by atoms with Gasteiger partial charge < -0.3 is 10.0 Å². The van der Waals surface area contributed by atoms with Gasteiger partial charge in [-0.15, -0.1) is 0 Å². The molecule has 1 aliphatic heterocycles. The number of halogens is 2. The van der Waals surface area contributed by atoms with Crippen LogP contribution in [0.25, 0.3) is 22.3 Å². The molecule has 0 aromatic heterocycles. The first kappa shape index (κ1) is 23.6. The van der Waals surface area contributed by atoms with E-state index in [2.05, 4.69) is 0 Å². The zero-order chi connectivity index (χ0) is 24.5. The number of rotatable bonds is 5. The van der Waals surface area contributed by atoms with Crippen LogP contribution in [-0.2, 0) is 6.42 Å². The number of amides is 1. The average Bonchev–Trinajstić information content (AvgIpc) is 3.32. The van der Waals surface area contributed by atoms with Crippen molar-refractivity contribution in [2.75, 3.05) is 13.1 Å². The molecule has 0 atom stereocenters. The van der Waals surface area contributed by atoms with Crippen molar-refractivity contribution >= 4 is 5.91 Å². The van der Waals surface area contributed by atoms with E-state index in [1.165, 1.54) is 18.2 Å². The molecular formula is C28H26F2N2O2. The van der Waals surface area contributed by atoms with E-state index in [9.17, 15) is 14.3 Å². The Morgan fingerprint density at radius 2 is 1.68 bits per heavy atom. The highest BCUT2D eigenvalue weighted by Gasteiger charge is 2.22. The summed E-state index contributed by atoms with van der Waals surface area (Å²) in [7, 11) is 0. The maximum atomic E-state index is 15.2. The van der Waals surface area contributed by atoms with Crippen molar-refractivity contribution in [1.29, 1.82) is 5.26 Å². The van der Waals surface area contributed by atoms with E-state index < -0.39 is 17.2 Å². The number of carbonyl (C=O) groups excluding carboxylic acids is 1. The molecule has 1 saturated heterocycles. The lowest BCUT2D eigenvalue weighted by Gasteiger charge is -2.19. The summed E-state index contributed by atoms with van der Waals surface area (Å²) in [5, 5.41) is 19.2. The van der Waals surface area contributed by atoms with Crippen molar-refractivity contribution in [2.24, 2.45) is 0 Å². The van der Waals surface area contributed by atoms with Crippen molar-refractivity contribution in [3.8, 4) is 28.3 Å². The summed E-state index contributed by atoms with van der Waals surface area (Å²) in [5.41, 5.74) is 1.80. The molecule has 1 aliphatic rings. The Balaban J connectivity index is 1.83. The molecule has 1 N–H and O–H groups in total. The van der Waals surface area contributed by atoms with E-state index in [1.807, 2.05) is 0 Å². The van der Waals surface area contributed by atoms with Gasteiger partial charge in [-0.05, 0) is 79.3 Å². The minimum atomic E-state index is -0.975. The van der Waals surface area contributed by atoms with Gasteiger partial charge in [0.25, 0.3) is 5.91 Å². The first-order valence-electron chi connectivity index (χ1n) is 11.3. The van der Waals surface area contributed by atoms with Gasteiger partial charge in [0.05, 0.1) is 11.2 Å². The number of likely N-dealkylation sites (tertiary alicyclic amines) is 1. The Morgan fingerprint density at radius 3 is 2.29 bits per heavy atom. The van der Waals surface area contributed by atoms with Crippen molar-refractivity contribution < 1.29 is 18.7 Å². The standard InChI is InChI=1S/C28H26F2N2O2/c1-28(2,34)16-18-5-9-23(26(30)13-18)22-10-8-20(27(33)32-11-3-4-12-32)14-24(22)19-6-7-21(17-31)25(29)15-19/h5-10,13-15,34H,3-4,11-12,16H2,1-2H3. The molecule has 0 aliphatic carbocycles. The number of nitriles is 1. The highest BCUT2D eigenvalue weighted by molar-refractivity contribution is 5.98. The predicted molar refractivity (Wildman–Crippen MR) is 127 cm³/mol. The normalized spacial score (nSPS) is 13.7. The first-order valence-corrected chi connectivity index (χ1v) is 11.3. The summed E-state index contributed by atoms with van der Waals surface area (Å²) < 4.78 is 29.7. The minimum absolute atomic E-state index is 0.0863. The van der Waals surface area contributed by atoms with Gasteiger partial charge in [0.1, 0.15) is 17.7 Å². The number of aliphatic hydroxyl groups is 1. The van der Waals surface area contributed by atoms with Gasteiger partial charge in [0.2, 0.25) is 0 Å². The molecule has 0 saturated carbocycles. The number of hydrogen-bond donors (Lipinski definition) is 1. The highest BCUT2D eigenvalue weighted by Crippen LogP contribution is 2.36. The zero-order valence-corrected chi connectivity index (χ0v) is 19.2. The van der Waals surface area contributed by atoms with E-state index in [4.69, 9.17) is 5.26 Å². The number of hydrogen-bond acceptors (Lipinski definition) is 3. The fourth-order valence-corrected chi connectivity index (χ4v) is 4.41. The molecule has 174 valence electrons. The molecule has 1 amide bonds. The van der Waals surface area contributed by atoms with Gasteiger partial charge in [0.15, 0.2) is 0 Å². The molecule has 3 aromatic rings. The van der Waals surface area contributed by atoms with Gasteiger partial charge >= 0.3 is 0 Å². The van der Waals surface area contributed by atoms with Crippen LogP contribution in [0, 0.1) is 23.0 Å². The second kappa shape index (κ2) is 9.36. The molecule has 0 spiro atoms. The molecule has 3 aromatic carbocycles. The number of carbonyl (C=O) groups is 1. The molecule has 4 rings (SSSR count). The summed E-state index contributed by atoms with van der Waals surface area (Å²) in [6.45, 7) is 4.70. The molecule has 6 heteroatoms. The van der Waals surface area contributed by atoms with Gasteiger partial charge in [0, 0.05) is 30.6 Å². The summed E-state index contributed by atoms with van der Waals surface area (Å²) in [6, 6.07) is 15.8. The van der Waals surface area contributed by atoms with Crippen LogP contribution in [0.1, 0.15) is 48.2 Å². The number of nitrogens with zero attached hydrogens (tertiary/aromatic N) is 2. The third-order valence-corrected chi connectivity index (χ3v) is 6.02. The quantitative estimate of drug-likeness (QED) is 0.530. The summed E-state index contributed by atoms with van der Waals surface area (Å²) >= 11 is 0. The fourth-order valence-electron chi connectivity index (χ4n) is 4.41. The van der Waals surface area contributed by atoms with Crippen LogP contribution < -0.4 is 0 Å². The molecular weight excluding hydrogens is 434 g/mol. The predicted octanol–water partition coefficient (Wildman–Crippen LogP) is 5.72. The summed E-state index contributed by atoms with van der Waals surface area (Å²) in [5.74, 6) is -1.26. The van der Waals surface area contributed by atoms with Crippen molar-refractivity contribution in [3.05, 3.63) is 82.9 Å². The van der Waals surface area contributed by atoms with E-state index in [0.717, 1.165) is 12.8 Å². The lowest BCUT2D eigenvalue weighted by Crippen LogP contribution is -2.27. The largest absolute Gasteiger partial charge is 0.390 e. The van der Waals surface area contributed by atoms with Gasteiger partial charge in [-0.1, -0.05) is 24.3 Å². The van der Waals surface area contributed by atoms with E-state index >= 15 is 4.39 Å². The molecule has 34 heavy (non-hydrogen) atoms. The Bertz CT molecular complexity index is 1280. The zero-order valence-electron chi connectivity index (χ0n) is 19.2. The van der Waals surface area contributed by atoms with Crippen molar-refractivity contribution in [3.63, 3.8) is 0 Å². The highest BCUT2D eigenvalue weighted by atomic mass is 19.1. The second-order valence-electron chi connectivity index (χ2n) is 9.37. The first-order chi connectivity index (χ1) is 16.2. The lowest BCUT2D eigenvalue weighted by molar-refractivity contribution is 0.0790. The number of benzene rings is 3. The minimum Gasteiger partial charge on any atom is -0.390 e. The molecule has 1 fully saturated rings. The van der Waals surface area contributed by atoms with Crippen LogP contribution in [0.2, 0.25) is 0 Å². The molecule has 0 unspecified atom stereocenters. The average molecular weight is 461 g/mol. The van der Waals surface area contributed by atoms with Crippen LogP contribution in [0.5, 0.6) is 0 Å². The maximum Gasteiger partial charge on any atom is 0.253 e. The topological polar surface area (TPSA) is 64.3 Å². The van der Waals surface area contributed by atoms with Crippen molar-refractivity contribution in [1.82, 2.24) is 4.90 Å². The van der Waals surface area contributed by atoms with E-state index in [-0.39, 0.29) is 11.5 Å². The third-order valence-electron chi connectivity index (χ3n) is 6.02. The van der Waals surface area contributed by atoms with E-state index in [1.54, 1.807) is 61.2 Å². The molecule has 1 heterocycles. The van der Waals surface area contributed by atoms with Gasteiger partial charge in [-0.25, -0.2) is 8.78 Å². The smallest absolute Gasteiger partial charge is 0.253 e. The van der Waals surface area contributed by atoms with Crippen LogP contribution >= 0.6 is 0 Å². The van der Waals surface area contributed by atoms with Gasteiger partial charge in [-0.3, -0.25) is 4.79 Å². The van der Waals surface area contributed by atoms with Crippen LogP contribution in [0.3, 0.4) is 0 Å². The Hall–Kier alpha value is -3.56. The monoisotopic (exact) mass is 460 g/mol. The summed E-state index contributed by atoms with van der Waals surface area (Å²) in [4.78, 5) is 14.8. The Labute approximate surface area is 198 Å². The SMILES string of the molecule is CC(C)(O)Cc1ccc(-c2ccc(C(=O)N3CCCC3)cc2-c2ccc(C#N)c(F)c2)c(F)c1. The van der Waals surface area contributed by atoms with Crippen LogP contribution in [0.4, 0.5) is 8.78 Å². The van der Waals surface area contributed by atoms with E-state index in [0.29, 0.717) is 52.9 Å². The maximum absolute atomic E-state index is 15.2. The Morgan fingerprint density at radius 1 is 0.971 bits per heavy atom. The molecule has 0 bridgehead atoms.